The monoisotopic (exact) mass is 233 g/mol. The van der Waals surface area contributed by atoms with Crippen LogP contribution in [0.5, 0.6) is 5.75 Å². The maximum absolute atomic E-state index is 6.38. The summed E-state index contributed by atoms with van der Waals surface area (Å²) in [5.41, 5.74) is 9.07. The largest absolute Gasteiger partial charge is 0.493 e. The second-order valence-corrected chi connectivity index (χ2v) is 5.64. The van der Waals surface area contributed by atoms with Crippen LogP contribution in [0.25, 0.3) is 0 Å². The van der Waals surface area contributed by atoms with Crippen molar-refractivity contribution in [3.8, 4) is 5.75 Å². The Bertz CT molecular complexity index is 398. The van der Waals surface area contributed by atoms with E-state index in [1.54, 1.807) is 0 Å². The first-order valence-electron chi connectivity index (χ1n) is 6.56. The molecule has 1 aromatic carbocycles. The highest BCUT2D eigenvalue weighted by Crippen LogP contribution is 2.36. The Hall–Kier alpha value is -1.02. The van der Waals surface area contributed by atoms with Gasteiger partial charge in [-0.15, -0.1) is 0 Å². The molecule has 0 saturated carbocycles. The average Bonchev–Trinajstić information content (AvgIpc) is 2.37. The van der Waals surface area contributed by atoms with Gasteiger partial charge in [0.2, 0.25) is 0 Å². The van der Waals surface area contributed by atoms with Gasteiger partial charge in [-0.1, -0.05) is 32.9 Å². The smallest absolute Gasteiger partial charge is 0.122 e. The molecule has 2 nitrogen and oxygen atoms in total. The van der Waals surface area contributed by atoms with Crippen molar-refractivity contribution in [1.82, 2.24) is 0 Å². The van der Waals surface area contributed by atoms with Crippen LogP contribution in [0.2, 0.25) is 0 Å². The molecule has 1 aliphatic heterocycles. The van der Waals surface area contributed by atoms with Crippen LogP contribution < -0.4 is 10.5 Å². The topological polar surface area (TPSA) is 35.2 Å². The zero-order chi connectivity index (χ0) is 12.5. The van der Waals surface area contributed by atoms with E-state index in [1.165, 1.54) is 11.1 Å². The van der Waals surface area contributed by atoms with Crippen LogP contribution in [0, 0.1) is 5.41 Å². The molecule has 1 atom stereocenters. The minimum Gasteiger partial charge on any atom is -0.493 e. The number of benzene rings is 1. The van der Waals surface area contributed by atoms with Crippen LogP contribution in [-0.4, -0.2) is 6.61 Å². The molecule has 0 amide bonds. The molecule has 94 valence electrons. The summed E-state index contributed by atoms with van der Waals surface area (Å²) in [4.78, 5) is 0. The number of rotatable bonds is 3. The van der Waals surface area contributed by atoms with Gasteiger partial charge in [-0.2, -0.15) is 0 Å². The van der Waals surface area contributed by atoms with E-state index in [2.05, 4.69) is 39.0 Å². The molecule has 1 aromatic rings. The van der Waals surface area contributed by atoms with Crippen LogP contribution in [0.15, 0.2) is 18.2 Å². The standard InChI is InChI=1S/C15H23NO/c1-4-15(2,3)14(16)12-7-8-13-11(10-12)6-5-9-17-13/h7-8,10,14H,4-6,9,16H2,1-3H3. The van der Waals surface area contributed by atoms with Crippen molar-refractivity contribution >= 4 is 0 Å². The molecule has 17 heavy (non-hydrogen) atoms. The zero-order valence-electron chi connectivity index (χ0n) is 11.1. The highest BCUT2D eigenvalue weighted by molar-refractivity contribution is 5.40. The van der Waals surface area contributed by atoms with Gasteiger partial charge >= 0.3 is 0 Å². The van der Waals surface area contributed by atoms with Gasteiger partial charge in [0.05, 0.1) is 6.61 Å². The first kappa shape index (κ1) is 12.4. The molecule has 0 bridgehead atoms. The van der Waals surface area contributed by atoms with Gasteiger partial charge in [0, 0.05) is 6.04 Å². The number of ether oxygens (including phenoxy) is 1. The normalized spacial score (nSPS) is 17.2. The molecule has 0 aromatic heterocycles. The highest BCUT2D eigenvalue weighted by Gasteiger charge is 2.26. The summed E-state index contributed by atoms with van der Waals surface area (Å²) < 4.78 is 5.63. The maximum Gasteiger partial charge on any atom is 0.122 e. The Labute approximate surface area is 104 Å². The van der Waals surface area contributed by atoms with Gasteiger partial charge in [0.25, 0.3) is 0 Å². The van der Waals surface area contributed by atoms with Crippen molar-refractivity contribution in [2.75, 3.05) is 6.61 Å². The summed E-state index contributed by atoms with van der Waals surface area (Å²) in [5, 5.41) is 0. The summed E-state index contributed by atoms with van der Waals surface area (Å²) >= 11 is 0. The molecular weight excluding hydrogens is 210 g/mol. The quantitative estimate of drug-likeness (QED) is 0.868. The lowest BCUT2D eigenvalue weighted by molar-refractivity contribution is 0.274. The molecule has 1 unspecified atom stereocenters. The Morgan fingerprint density at radius 3 is 2.88 bits per heavy atom. The van der Waals surface area contributed by atoms with E-state index in [0.717, 1.165) is 31.6 Å². The number of fused-ring (bicyclic) bond motifs is 1. The number of nitrogens with two attached hydrogens (primary N) is 1. The molecule has 0 fully saturated rings. The van der Waals surface area contributed by atoms with Crippen LogP contribution in [0.1, 0.15) is 50.8 Å². The molecular formula is C15H23NO. The third-order valence-electron chi connectivity index (χ3n) is 4.04. The van der Waals surface area contributed by atoms with Gasteiger partial charge in [0.1, 0.15) is 5.75 Å². The summed E-state index contributed by atoms with van der Waals surface area (Å²) in [6, 6.07) is 6.53. The fourth-order valence-electron chi connectivity index (χ4n) is 2.24. The molecule has 0 radical (unpaired) electrons. The number of hydrogen-bond acceptors (Lipinski definition) is 2. The fraction of sp³-hybridized carbons (Fsp3) is 0.600. The van der Waals surface area contributed by atoms with Crippen molar-refractivity contribution in [3.05, 3.63) is 29.3 Å². The predicted molar refractivity (Wildman–Crippen MR) is 71.3 cm³/mol. The van der Waals surface area contributed by atoms with Crippen molar-refractivity contribution in [2.24, 2.45) is 11.1 Å². The molecule has 2 N–H and O–H groups in total. The summed E-state index contributed by atoms with van der Waals surface area (Å²) in [6.07, 6.45) is 3.31. The average molecular weight is 233 g/mol. The molecule has 0 spiro atoms. The summed E-state index contributed by atoms with van der Waals surface area (Å²) in [5.74, 6) is 1.04. The zero-order valence-corrected chi connectivity index (χ0v) is 11.1. The number of hydrogen-bond donors (Lipinski definition) is 1. The minimum absolute atomic E-state index is 0.0970. The van der Waals surface area contributed by atoms with E-state index >= 15 is 0 Å². The second-order valence-electron chi connectivity index (χ2n) is 5.64. The van der Waals surface area contributed by atoms with E-state index in [0.29, 0.717) is 0 Å². The Morgan fingerprint density at radius 2 is 2.18 bits per heavy atom. The lowest BCUT2D eigenvalue weighted by Crippen LogP contribution is -2.28. The molecule has 1 heterocycles. The van der Waals surface area contributed by atoms with Gasteiger partial charge in [-0.05, 0) is 41.9 Å². The second kappa shape index (κ2) is 4.69. The van der Waals surface area contributed by atoms with Gasteiger partial charge < -0.3 is 10.5 Å². The van der Waals surface area contributed by atoms with Gasteiger partial charge in [-0.25, -0.2) is 0 Å². The van der Waals surface area contributed by atoms with E-state index in [9.17, 15) is 0 Å². The van der Waals surface area contributed by atoms with E-state index < -0.39 is 0 Å². The van der Waals surface area contributed by atoms with Crippen molar-refractivity contribution in [2.45, 2.75) is 46.1 Å². The lowest BCUT2D eigenvalue weighted by atomic mass is 9.78. The van der Waals surface area contributed by atoms with E-state index in [1.807, 2.05) is 0 Å². The molecule has 0 saturated heterocycles. The van der Waals surface area contributed by atoms with Crippen LogP contribution in [0.3, 0.4) is 0 Å². The van der Waals surface area contributed by atoms with Crippen LogP contribution >= 0.6 is 0 Å². The third-order valence-corrected chi connectivity index (χ3v) is 4.04. The van der Waals surface area contributed by atoms with Crippen molar-refractivity contribution in [3.63, 3.8) is 0 Å². The predicted octanol–water partition coefficient (Wildman–Crippen LogP) is 3.45. The van der Waals surface area contributed by atoms with Crippen molar-refractivity contribution < 1.29 is 4.74 Å². The lowest BCUT2D eigenvalue weighted by Gasteiger charge is -2.31. The molecule has 1 aliphatic rings. The fourth-order valence-corrected chi connectivity index (χ4v) is 2.24. The van der Waals surface area contributed by atoms with Crippen LogP contribution in [-0.2, 0) is 6.42 Å². The van der Waals surface area contributed by atoms with Crippen LogP contribution in [0.4, 0.5) is 0 Å². The highest BCUT2D eigenvalue weighted by atomic mass is 16.5. The third kappa shape index (κ3) is 2.47. The van der Waals surface area contributed by atoms with Gasteiger partial charge in [-0.3, -0.25) is 0 Å². The Balaban J connectivity index is 2.28. The van der Waals surface area contributed by atoms with Gasteiger partial charge in [0.15, 0.2) is 0 Å². The minimum atomic E-state index is 0.0970. The maximum atomic E-state index is 6.38. The first-order valence-corrected chi connectivity index (χ1v) is 6.56. The molecule has 2 heteroatoms. The first-order chi connectivity index (χ1) is 8.04. The molecule has 0 aliphatic carbocycles. The van der Waals surface area contributed by atoms with E-state index in [4.69, 9.17) is 10.5 Å². The molecule has 2 rings (SSSR count). The van der Waals surface area contributed by atoms with Crippen molar-refractivity contribution in [1.29, 1.82) is 0 Å². The Kier molecular flexibility index (Phi) is 3.43. The SMILES string of the molecule is CCC(C)(C)C(N)c1ccc2c(c1)CCCO2. The Morgan fingerprint density at radius 1 is 1.41 bits per heavy atom. The number of aryl methyl sites for hydroxylation is 1. The van der Waals surface area contributed by atoms with E-state index in [-0.39, 0.29) is 11.5 Å². The summed E-state index contributed by atoms with van der Waals surface area (Å²) in [6.45, 7) is 7.50. The summed E-state index contributed by atoms with van der Waals surface area (Å²) in [7, 11) is 0.